The molecule has 1 aromatic heterocycles. The van der Waals surface area contributed by atoms with Gasteiger partial charge in [0.15, 0.2) is 8.29 Å². The second-order valence-electron chi connectivity index (χ2n) is 3.00. The fourth-order valence-corrected chi connectivity index (χ4v) is 3.30. The minimum atomic E-state index is -0.304. The molecule has 0 radical (unpaired) electrons. The average molecular weight is 268 g/mol. The lowest BCUT2D eigenvalue weighted by Gasteiger charge is -2.00. The van der Waals surface area contributed by atoms with E-state index in [4.69, 9.17) is 12.2 Å². The Kier molecular flexibility index (Phi) is 3.52. The van der Waals surface area contributed by atoms with Crippen molar-refractivity contribution in [3.05, 3.63) is 44.8 Å². The molecule has 0 fully saturated rings. The fourth-order valence-electron chi connectivity index (χ4n) is 1.03. The van der Waals surface area contributed by atoms with E-state index in [1.165, 1.54) is 27.7 Å². The van der Waals surface area contributed by atoms with Gasteiger partial charge >= 0.3 is 5.69 Å². The number of benzene rings is 1. The van der Waals surface area contributed by atoms with E-state index in [2.05, 4.69) is 4.98 Å². The molecular weight excluding hydrogens is 260 g/mol. The monoisotopic (exact) mass is 268 g/mol. The van der Waals surface area contributed by atoms with Gasteiger partial charge in [-0.15, -0.1) is 0 Å². The van der Waals surface area contributed by atoms with Crippen LogP contribution in [0.2, 0.25) is 0 Å². The molecule has 2 aromatic rings. The van der Waals surface area contributed by atoms with Crippen molar-refractivity contribution >= 4 is 35.3 Å². The molecule has 0 amide bonds. The van der Waals surface area contributed by atoms with Gasteiger partial charge in [-0.1, -0.05) is 41.3 Å². The second-order valence-corrected chi connectivity index (χ2v) is 5.95. The average Bonchev–Trinajstić information content (AvgIpc) is 2.27. The zero-order valence-electron chi connectivity index (χ0n) is 8.41. The third-order valence-electron chi connectivity index (χ3n) is 1.87. The zero-order valence-corrected chi connectivity index (χ0v) is 10.9. The van der Waals surface area contributed by atoms with Crippen LogP contribution in [0, 0.1) is 3.95 Å². The normalized spacial score (nSPS) is 10.3. The Labute approximate surface area is 106 Å². The standard InChI is InChI=1S/C10H8N2OS3/c1-12-8(13)11-9(16-10(12)14)15-7-5-3-2-4-6-7/h2-6H,1H3. The number of hydrogen-bond acceptors (Lipinski definition) is 5. The molecule has 2 rings (SSSR count). The Morgan fingerprint density at radius 2 is 2.06 bits per heavy atom. The predicted molar refractivity (Wildman–Crippen MR) is 68.8 cm³/mol. The lowest BCUT2D eigenvalue weighted by Crippen LogP contribution is -2.19. The van der Waals surface area contributed by atoms with Crippen LogP contribution in [-0.4, -0.2) is 9.55 Å². The van der Waals surface area contributed by atoms with Crippen molar-refractivity contribution in [1.29, 1.82) is 0 Å². The van der Waals surface area contributed by atoms with Gasteiger partial charge in [-0.2, -0.15) is 4.98 Å². The van der Waals surface area contributed by atoms with Crippen molar-refractivity contribution < 1.29 is 0 Å². The lowest BCUT2D eigenvalue weighted by molar-refractivity contribution is 0.802. The van der Waals surface area contributed by atoms with Crippen LogP contribution in [0.5, 0.6) is 0 Å². The molecule has 82 valence electrons. The van der Waals surface area contributed by atoms with Crippen LogP contribution in [0.15, 0.2) is 44.4 Å². The van der Waals surface area contributed by atoms with Crippen LogP contribution in [0.3, 0.4) is 0 Å². The Morgan fingerprint density at radius 3 is 2.69 bits per heavy atom. The van der Waals surface area contributed by atoms with E-state index in [0.717, 1.165) is 4.90 Å². The fraction of sp³-hybridized carbons (Fsp3) is 0.100. The van der Waals surface area contributed by atoms with E-state index >= 15 is 0 Å². The van der Waals surface area contributed by atoms with Crippen molar-refractivity contribution in [1.82, 2.24) is 9.55 Å². The van der Waals surface area contributed by atoms with Gasteiger partial charge in [-0.3, -0.25) is 4.57 Å². The van der Waals surface area contributed by atoms with Crippen molar-refractivity contribution in [3.63, 3.8) is 0 Å². The van der Waals surface area contributed by atoms with Crippen LogP contribution >= 0.6 is 35.3 Å². The van der Waals surface area contributed by atoms with E-state index in [1.54, 1.807) is 7.05 Å². The summed E-state index contributed by atoms with van der Waals surface area (Å²) < 4.78 is 2.59. The zero-order chi connectivity index (χ0) is 11.5. The first-order valence-electron chi connectivity index (χ1n) is 4.48. The van der Waals surface area contributed by atoms with Crippen molar-refractivity contribution in [2.45, 2.75) is 9.24 Å². The molecule has 0 aliphatic rings. The molecule has 0 saturated heterocycles. The Morgan fingerprint density at radius 1 is 1.38 bits per heavy atom. The molecule has 0 aliphatic heterocycles. The number of rotatable bonds is 2. The summed E-state index contributed by atoms with van der Waals surface area (Å²) in [6.45, 7) is 0. The van der Waals surface area contributed by atoms with Gasteiger partial charge in [0.05, 0.1) is 0 Å². The second kappa shape index (κ2) is 4.90. The molecular formula is C10H8N2OS3. The first-order chi connectivity index (χ1) is 7.66. The highest BCUT2D eigenvalue weighted by Gasteiger charge is 2.03. The SMILES string of the molecule is Cn1c(=O)nc(Sc2ccccc2)sc1=S. The van der Waals surface area contributed by atoms with E-state index in [9.17, 15) is 4.79 Å². The summed E-state index contributed by atoms with van der Waals surface area (Å²) in [7, 11) is 1.63. The molecule has 0 bridgehead atoms. The van der Waals surface area contributed by atoms with Crippen LogP contribution < -0.4 is 5.69 Å². The third kappa shape index (κ3) is 2.58. The van der Waals surface area contributed by atoms with Gasteiger partial charge < -0.3 is 0 Å². The molecule has 1 heterocycles. The molecule has 0 N–H and O–H groups in total. The minimum absolute atomic E-state index is 0.304. The molecule has 0 saturated carbocycles. The summed E-state index contributed by atoms with van der Waals surface area (Å²) in [6, 6.07) is 9.79. The summed E-state index contributed by atoms with van der Waals surface area (Å²) in [6.07, 6.45) is 0. The van der Waals surface area contributed by atoms with Crippen molar-refractivity contribution in [3.8, 4) is 0 Å². The maximum absolute atomic E-state index is 11.4. The smallest absolute Gasteiger partial charge is 0.277 e. The molecule has 16 heavy (non-hydrogen) atoms. The topological polar surface area (TPSA) is 34.9 Å². The van der Waals surface area contributed by atoms with Crippen molar-refractivity contribution in [2.75, 3.05) is 0 Å². The molecule has 1 aromatic carbocycles. The van der Waals surface area contributed by atoms with Gasteiger partial charge in [-0.25, -0.2) is 4.79 Å². The summed E-state index contributed by atoms with van der Waals surface area (Å²) in [5.74, 6) is 0. The maximum atomic E-state index is 11.4. The molecule has 0 atom stereocenters. The quantitative estimate of drug-likeness (QED) is 0.784. The Balaban J connectivity index is 2.37. The summed E-state index contributed by atoms with van der Waals surface area (Å²) in [4.78, 5) is 16.4. The van der Waals surface area contributed by atoms with Gasteiger partial charge in [0.2, 0.25) is 0 Å². The van der Waals surface area contributed by atoms with Gasteiger partial charge in [-0.05, 0) is 24.4 Å². The number of hydrogen-bond donors (Lipinski definition) is 0. The lowest BCUT2D eigenvalue weighted by atomic mass is 10.4. The Bertz CT molecular complexity index is 572. The molecule has 0 unspecified atom stereocenters. The third-order valence-corrected chi connectivity index (χ3v) is 4.38. The number of nitrogens with zero attached hydrogens (tertiary/aromatic N) is 2. The van der Waals surface area contributed by atoms with E-state index < -0.39 is 0 Å². The highest BCUT2D eigenvalue weighted by Crippen LogP contribution is 2.27. The highest BCUT2D eigenvalue weighted by atomic mass is 32.2. The van der Waals surface area contributed by atoms with Crippen LogP contribution in [0.1, 0.15) is 0 Å². The van der Waals surface area contributed by atoms with Gasteiger partial charge in [0.1, 0.15) is 0 Å². The molecule has 3 nitrogen and oxygen atoms in total. The maximum Gasteiger partial charge on any atom is 0.350 e. The van der Waals surface area contributed by atoms with Crippen LogP contribution in [0.4, 0.5) is 0 Å². The summed E-state index contributed by atoms with van der Waals surface area (Å²) >= 11 is 7.87. The number of aromatic nitrogens is 2. The van der Waals surface area contributed by atoms with E-state index in [-0.39, 0.29) is 5.69 Å². The highest BCUT2D eigenvalue weighted by molar-refractivity contribution is 8.01. The largest absolute Gasteiger partial charge is 0.350 e. The minimum Gasteiger partial charge on any atom is -0.277 e. The molecule has 0 aliphatic carbocycles. The van der Waals surface area contributed by atoms with Gasteiger partial charge in [0.25, 0.3) is 0 Å². The van der Waals surface area contributed by atoms with E-state index in [1.807, 2.05) is 30.3 Å². The molecule has 6 heteroatoms. The van der Waals surface area contributed by atoms with Crippen LogP contribution in [-0.2, 0) is 7.05 Å². The summed E-state index contributed by atoms with van der Waals surface area (Å²) in [5, 5.41) is 0. The van der Waals surface area contributed by atoms with Crippen LogP contribution in [0.25, 0.3) is 0 Å². The van der Waals surface area contributed by atoms with Crippen molar-refractivity contribution in [2.24, 2.45) is 7.05 Å². The first-order valence-corrected chi connectivity index (χ1v) is 6.52. The molecule has 0 spiro atoms. The predicted octanol–water partition coefficient (Wildman–Crippen LogP) is 2.72. The summed E-state index contributed by atoms with van der Waals surface area (Å²) in [5.41, 5.74) is -0.304. The Hall–Kier alpha value is -0.980. The van der Waals surface area contributed by atoms with Gasteiger partial charge in [0, 0.05) is 11.9 Å². The van der Waals surface area contributed by atoms with E-state index in [0.29, 0.717) is 8.29 Å². The first kappa shape index (κ1) is 11.5.